The van der Waals surface area contributed by atoms with E-state index in [9.17, 15) is 9.90 Å². The molecule has 1 aliphatic heterocycles. The molecule has 0 saturated carbocycles. The number of amides is 1. The highest BCUT2D eigenvalue weighted by atomic mass is 16.3. The first-order valence-electron chi connectivity index (χ1n) is 6.04. The lowest BCUT2D eigenvalue weighted by Gasteiger charge is -2.15. The summed E-state index contributed by atoms with van der Waals surface area (Å²) >= 11 is 0. The standard InChI is InChI=1S/C12H19N3O2/c1-8-11(9(2)14-13-8)3-4-12(17)15-6-5-10(16)7-15/h10,16H,3-7H2,1-2H3,(H,13,14). The number of aromatic nitrogens is 2. The summed E-state index contributed by atoms with van der Waals surface area (Å²) < 4.78 is 0. The second kappa shape index (κ2) is 4.87. The number of hydrogen-bond donors (Lipinski definition) is 2. The minimum atomic E-state index is -0.337. The van der Waals surface area contributed by atoms with Gasteiger partial charge in [0, 0.05) is 25.2 Å². The van der Waals surface area contributed by atoms with Crippen LogP contribution in [0.1, 0.15) is 29.8 Å². The average Bonchev–Trinajstić information content (AvgIpc) is 2.84. The Morgan fingerprint density at radius 2 is 2.35 bits per heavy atom. The van der Waals surface area contributed by atoms with Crippen LogP contribution in [-0.4, -0.2) is 45.3 Å². The molecule has 1 aromatic heterocycles. The number of hydrogen-bond acceptors (Lipinski definition) is 3. The largest absolute Gasteiger partial charge is 0.391 e. The monoisotopic (exact) mass is 237 g/mol. The van der Waals surface area contributed by atoms with E-state index in [4.69, 9.17) is 0 Å². The molecular weight excluding hydrogens is 218 g/mol. The van der Waals surface area contributed by atoms with Gasteiger partial charge >= 0.3 is 0 Å². The van der Waals surface area contributed by atoms with Gasteiger partial charge in [0.05, 0.1) is 11.8 Å². The zero-order chi connectivity index (χ0) is 12.4. The van der Waals surface area contributed by atoms with Crippen molar-refractivity contribution in [3.63, 3.8) is 0 Å². The third-order valence-electron chi connectivity index (χ3n) is 3.39. The van der Waals surface area contributed by atoms with Crippen LogP contribution >= 0.6 is 0 Å². The smallest absolute Gasteiger partial charge is 0.222 e. The number of rotatable bonds is 3. The van der Waals surface area contributed by atoms with Gasteiger partial charge < -0.3 is 10.0 Å². The van der Waals surface area contributed by atoms with Crippen LogP contribution in [0.3, 0.4) is 0 Å². The summed E-state index contributed by atoms with van der Waals surface area (Å²) in [6.45, 7) is 5.09. The summed E-state index contributed by atoms with van der Waals surface area (Å²) in [6.07, 6.45) is 1.58. The summed E-state index contributed by atoms with van der Waals surface area (Å²) in [5.74, 6) is 0.126. The van der Waals surface area contributed by atoms with Crippen LogP contribution < -0.4 is 0 Å². The molecule has 0 radical (unpaired) electrons. The molecule has 1 fully saturated rings. The maximum absolute atomic E-state index is 11.9. The first-order chi connectivity index (χ1) is 8.08. The maximum atomic E-state index is 11.9. The fourth-order valence-electron chi connectivity index (χ4n) is 2.30. The van der Waals surface area contributed by atoms with Gasteiger partial charge in [-0.05, 0) is 32.3 Å². The Morgan fingerprint density at radius 1 is 1.59 bits per heavy atom. The number of nitrogens with zero attached hydrogens (tertiary/aromatic N) is 2. The van der Waals surface area contributed by atoms with Crippen molar-refractivity contribution in [3.05, 3.63) is 17.0 Å². The fraction of sp³-hybridized carbons (Fsp3) is 0.667. The van der Waals surface area contributed by atoms with Crippen LogP contribution in [-0.2, 0) is 11.2 Å². The number of aryl methyl sites for hydroxylation is 2. The Hall–Kier alpha value is -1.36. The first-order valence-corrected chi connectivity index (χ1v) is 6.04. The van der Waals surface area contributed by atoms with Crippen molar-refractivity contribution in [3.8, 4) is 0 Å². The minimum Gasteiger partial charge on any atom is -0.391 e. The summed E-state index contributed by atoms with van der Waals surface area (Å²) in [4.78, 5) is 13.6. The summed E-state index contributed by atoms with van der Waals surface area (Å²) in [5.41, 5.74) is 3.15. The van der Waals surface area contributed by atoms with Crippen LogP contribution in [0.4, 0.5) is 0 Å². The summed E-state index contributed by atoms with van der Waals surface area (Å²) in [7, 11) is 0. The fourth-order valence-corrected chi connectivity index (χ4v) is 2.30. The van der Waals surface area contributed by atoms with Gasteiger partial charge in [-0.3, -0.25) is 9.89 Å². The molecule has 0 spiro atoms. The number of H-pyrrole nitrogens is 1. The zero-order valence-corrected chi connectivity index (χ0v) is 10.4. The molecule has 5 nitrogen and oxygen atoms in total. The first kappa shape index (κ1) is 12.1. The topological polar surface area (TPSA) is 69.2 Å². The van der Waals surface area contributed by atoms with Crippen LogP contribution in [0.15, 0.2) is 0 Å². The van der Waals surface area contributed by atoms with E-state index in [1.807, 2.05) is 13.8 Å². The second-order valence-electron chi connectivity index (χ2n) is 4.69. The third-order valence-corrected chi connectivity index (χ3v) is 3.39. The van der Waals surface area contributed by atoms with E-state index in [1.54, 1.807) is 4.90 Å². The SMILES string of the molecule is Cc1n[nH]c(C)c1CCC(=O)N1CCC(O)C1. The van der Waals surface area contributed by atoms with Gasteiger partial charge in [-0.15, -0.1) is 0 Å². The molecule has 17 heavy (non-hydrogen) atoms. The van der Waals surface area contributed by atoms with Crippen LogP contribution in [0, 0.1) is 13.8 Å². The highest BCUT2D eigenvalue weighted by molar-refractivity contribution is 5.76. The van der Waals surface area contributed by atoms with Crippen LogP contribution in [0.5, 0.6) is 0 Å². The molecule has 2 rings (SSSR count). The molecule has 1 unspecified atom stereocenters. The van der Waals surface area contributed by atoms with Crippen LogP contribution in [0.25, 0.3) is 0 Å². The Bertz CT molecular complexity index is 394. The van der Waals surface area contributed by atoms with Crippen molar-refractivity contribution in [2.24, 2.45) is 0 Å². The van der Waals surface area contributed by atoms with E-state index in [-0.39, 0.29) is 12.0 Å². The Morgan fingerprint density at radius 3 is 2.88 bits per heavy atom. The lowest BCUT2D eigenvalue weighted by atomic mass is 10.1. The van der Waals surface area contributed by atoms with Gasteiger partial charge in [0.15, 0.2) is 0 Å². The number of β-amino-alcohol motifs (C(OH)–C–C–N with tert-alkyl or cyclic N) is 1. The Balaban J connectivity index is 1.88. The second-order valence-corrected chi connectivity index (χ2v) is 4.69. The molecule has 1 aromatic rings. The van der Waals surface area contributed by atoms with Gasteiger partial charge in [-0.1, -0.05) is 0 Å². The van der Waals surface area contributed by atoms with Gasteiger partial charge in [-0.25, -0.2) is 0 Å². The summed E-state index contributed by atoms with van der Waals surface area (Å²) in [6, 6.07) is 0. The lowest BCUT2D eigenvalue weighted by Crippen LogP contribution is -2.29. The van der Waals surface area contributed by atoms with Crippen molar-refractivity contribution in [2.75, 3.05) is 13.1 Å². The number of carbonyl (C=O) groups is 1. The molecule has 0 aliphatic carbocycles. The Labute approximate surface area is 101 Å². The van der Waals surface area contributed by atoms with Crippen LogP contribution in [0.2, 0.25) is 0 Å². The normalized spacial score (nSPS) is 19.9. The number of nitrogens with one attached hydrogen (secondary N) is 1. The molecule has 1 atom stereocenters. The van der Waals surface area contributed by atoms with Crippen molar-refractivity contribution in [2.45, 2.75) is 39.2 Å². The van der Waals surface area contributed by atoms with E-state index in [2.05, 4.69) is 10.2 Å². The number of likely N-dealkylation sites (tertiary alicyclic amines) is 1. The quantitative estimate of drug-likeness (QED) is 0.806. The molecule has 0 bridgehead atoms. The molecule has 94 valence electrons. The highest BCUT2D eigenvalue weighted by Gasteiger charge is 2.24. The highest BCUT2D eigenvalue weighted by Crippen LogP contribution is 2.15. The van der Waals surface area contributed by atoms with Crippen molar-refractivity contribution in [1.82, 2.24) is 15.1 Å². The van der Waals surface area contributed by atoms with E-state index in [1.165, 1.54) is 0 Å². The predicted octanol–water partition coefficient (Wildman–Crippen LogP) is 0.552. The van der Waals surface area contributed by atoms with E-state index in [0.717, 1.165) is 23.4 Å². The predicted molar refractivity (Wildman–Crippen MR) is 63.6 cm³/mol. The molecule has 2 heterocycles. The molecule has 1 amide bonds. The average molecular weight is 237 g/mol. The zero-order valence-electron chi connectivity index (χ0n) is 10.4. The number of aromatic amines is 1. The van der Waals surface area contributed by atoms with E-state index in [0.29, 0.717) is 25.9 Å². The number of carbonyl (C=O) groups excluding carboxylic acids is 1. The van der Waals surface area contributed by atoms with Gasteiger partial charge in [-0.2, -0.15) is 5.10 Å². The van der Waals surface area contributed by atoms with Gasteiger partial charge in [0.2, 0.25) is 5.91 Å². The molecule has 1 aliphatic rings. The molecule has 5 heteroatoms. The van der Waals surface area contributed by atoms with E-state index < -0.39 is 0 Å². The lowest BCUT2D eigenvalue weighted by molar-refractivity contribution is -0.130. The summed E-state index contributed by atoms with van der Waals surface area (Å²) in [5, 5.41) is 16.4. The van der Waals surface area contributed by atoms with Crippen molar-refractivity contribution >= 4 is 5.91 Å². The Kier molecular flexibility index (Phi) is 3.47. The minimum absolute atomic E-state index is 0.126. The van der Waals surface area contributed by atoms with E-state index >= 15 is 0 Å². The number of aliphatic hydroxyl groups is 1. The maximum Gasteiger partial charge on any atom is 0.222 e. The third kappa shape index (κ3) is 2.66. The molecule has 0 aromatic carbocycles. The molecule has 2 N–H and O–H groups in total. The number of aliphatic hydroxyl groups excluding tert-OH is 1. The van der Waals surface area contributed by atoms with Crippen molar-refractivity contribution < 1.29 is 9.90 Å². The van der Waals surface area contributed by atoms with Crippen molar-refractivity contribution in [1.29, 1.82) is 0 Å². The van der Waals surface area contributed by atoms with Gasteiger partial charge in [0.25, 0.3) is 0 Å². The molecule has 1 saturated heterocycles. The van der Waals surface area contributed by atoms with Gasteiger partial charge in [0.1, 0.15) is 0 Å². The molecular formula is C12H19N3O2.